The third-order valence-electron chi connectivity index (χ3n) is 2.05. The Morgan fingerprint density at radius 2 is 2.20 bits per heavy atom. The lowest BCUT2D eigenvalue weighted by molar-refractivity contribution is -0.122. The van der Waals surface area contributed by atoms with E-state index >= 15 is 0 Å². The van der Waals surface area contributed by atoms with Crippen LogP contribution < -0.4 is 11.3 Å². The van der Waals surface area contributed by atoms with Crippen LogP contribution in [0.2, 0.25) is 0 Å². The van der Waals surface area contributed by atoms with Crippen LogP contribution in [0, 0.1) is 0 Å². The van der Waals surface area contributed by atoms with Gasteiger partial charge in [-0.25, -0.2) is 0 Å². The zero-order valence-corrected chi connectivity index (χ0v) is 11.1. The molecule has 1 unspecified atom stereocenters. The molecule has 3 N–H and O–H groups in total. The number of hydrogen-bond donors (Lipinski definition) is 2. The van der Waals surface area contributed by atoms with Crippen molar-refractivity contribution in [2.75, 3.05) is 14.2 Å². The molecule has 1 heterocycles. The third kappa shape index (κ3) is 3.82. The summed E-state index contributed by atoms with van der Waals surface area (Å²) in [6.07, 6.45) is 0.440. The number of methoxy groups -OCH3 is 2. The summed E-state index contributed by atoms with van der Waals surface area (Å²) in [5.74, 6) is 5.46. The van der Waals surface area contributed by atoms with E-state index in [2.05, 4.69) is 27.4 Å². The first-order valence-electron chi connectivity index (χ1n) is 4.46. The largest absolute Gasteiger partial charge is 0.354 e. The van der Waals surface area contributed by atoms with Crippen molar-refractivity contribution in [3.05, 3.63) is 20.8 Å². The molecule has 1 aromatic heterocycles. The van der Waals surface area contributed by atoms with E-state index in [0.717, 1.165) is 10.9 Å². The molecule has 0 aromatic carbocycles. The van der Waals surface area contributed by atoms with E-state index in [1.54, 1.807) is 25.6 Å². The average Bonchev–Trinajstić information content (AvgIpc) is 2.64. The Balaban J connectivity index is 2.60. The molecule has 0 saturated carbocycles. The van der Waals surface area contributed by atoms with Crippen molar-refractivity contribution in [3.8, 4) is 0 Å². The SMILES string of the molecule is COC(OC)C(Cc1cc(Br)cs1)NN. The first-order valence-corrected chi connectivity index (χ1v) is 6.13. The van der Waals surface area contributed by atoms with Crippen LogP contribution in [0.5, 0.6) is 0 Å². The summed E-state index contributed by atoms with van der Waals surface area (Å²) in [7, 11) is 3.20. The number of hydrazine groups is 1. The van der Waals surface area contributed by atoms with Crippen LogP contribution in [0.4, 0.5) is 0 Å². The first-order chi connectivity index (χ1) is 7.21. The Bertz CT molecular complexity index is 291. The molecule has 1 rings (SSSR count). The van der Waals surface area contributed by atoms with E-state index in [-0.39, 0.29) is 12.3 Å². The van der Waals surface area contributed by atoms with Gasteiger partial charge in [0, 0.05) is 35.4 Å². The molecule has 0 spiro atoms. The number of nitrogens with one attached hydrogen (secondary N) is 1. The quantitative estimate of drug-likeness (QED) is 0.474. The van der Waals surface area contributed by atoms with Gasteiger partial charge in [0.2, 0.25) is 0 Å². The number of nitrogens with two attached hydrogens (primary N) is 1. The summed E-state index contributed by atoms with van der Waals surface area (Å²) in [5.41, 5.74) is 2.70. The van der Waals surface area contributed by atoms with E-state index in [1.165, 1.54) is 4.88 Å². The van der Waals surface area contributed by atoms with Gasteiger partial charge in [-0.1, -0.05) is 0 Å². The van der Waals surface area contributed by atoms with E-state index in [1.807, 2.05) is 5.38 Å². The Labute approximate surface area is 102 Å². The molecule has 0 aliphatic carbocycles. The summed E-state index contributed by atoms with van der Waals surface area (Å²) in [5, 5.41) is 2.04. The van der Waals surface area contributed by atoms with E-state index in [4.69, 9.17) is 15.3 Å². The smallest absolute Gasteiger partial charge is 0.173 e. The highest BCUT2D eigenvalue weighted by atomic mass is 79.9. The molecule has 0 amide bonds. The Kier molecular flexibility index (Phi) is 5.73. The van der Waals surface area contributed by atoms with Crippen molar-refractivity contribution in [2.24, 2.45) is 5.84 Å². The van der Waals surface area contributed by atoms with Gasteiger partial charge in [0.05, 0.1) is 6.04 Å². The molecule has 0 aliphatic heterocycles. The van der Waals surface area contributed by atoms with Gasteiger partial charge in [-0.05, 0) is 22.0 Å². The number of rotatable bonds is 6. The second-order valence-corrected chi connectivity index (χ2v) is 4.96. The highest BCUT2D eigenvalue weighted by Crippen LogP contribution is 2.21. The fraction of sp³-hybridized carbons (Fsp3) is 0.556. The van der Waals surface area contributed by atoms with Crippen LogP contribution in [0.15, 0.2) is 15.9 Å². The second-order valence-electron chi connectivity index (χ2n) is 3.05. The highest BCUT2D eigenvalue weighted by Gasteiger charge is 2.20. The number of halogens is 1. The lowest BCUT2D eigenvalue weighted by Gasteiger charge is -2.23. The highest BCUT2D eigenvalue weighted by molar-refractivity contribution is 9.10. The number of ether oxygens (including phenoxy) is 2. The third-order valence-corrected chi connectivity index (χ3v) is 3.77. The molecule has 15 heavy (non-hydrogen) atoms. The summed E-state index contributed by atoms with van der Waals surface area (Å²) in [6.45, 7) is 0. The van der Waals surface area contributed by atoms with Crippen molar-refractivity contribution in [3.63, 3.8) is 0 Å². The minimum absolute atomic E-state index is 0.0504. The van der Waals surface area contributed by atoms with Crippen LogP contribution in [0.25, 0.3) is 0 Å². The lowest BCUT2D eigenvalue weighted by Crippen LogP contribution is -2.47. The fourth-order valence-corrected chi connectivity index (χ4v) is 2.85. The number of thiophene rings is 1. The van der Waals surface area contributed by atoms with Gasteiger partial charge in [0.15, 0.2) is 6.29 Å². The Morgan fingerprint density at radius 3 is 2.60 bits per heavy atom. The molecule has 4 nitrogen and oxygen atoms in total. The van der Waals surface area contributed by atoms with Gasteiger partial charge in [-0.2, -0.15) is 0 Å². The topological polar surface area (TPSA) is 56.5 Å². The molecule has 0 fully saturated rings. The van der Waals surface area contributed by atoms with Gasteiger partial charge in [-0.3, -0.25) is 11.3 Å². The first kappa shape index (κ1) is 13.1. The Hall–Kier alpha value is 0.0200. The number of hydrogen-bond acceptors (Lipinski definition) is 5. The van der Waals surface area contributed by atoms with E-state index in [9.17, 15) is 0 Å². The van der Waals surface area contributed by atoms with Crippen LogP contribution in [0.3, 0.4) is 0 Å². The van der Waals surface area contributed by atoms with Crippen molar-refractivity contribution < 1.29 is 9.47 Å². The fourth-order valence-electron chi connectivity index (χ4n) is 1.34. The van der Waals surface area contributed by atoms with Gasteiger partial charge in [0.1, 0.15) is 0 Å². The van der Waals surface area contributed by atoms with Gasteiger partial charge in [0.25, 0.3) is 0 Å². The molecule has 0 bridgehead atoms. The van der Waals surface area contributed by atoms with Gasteiger partial charge >= 0.3 is 0 Å². The predicted octanol–water partition coefficient (Wildman–Crippen LogP) is 1.50. The molecule has 0 saturated heterocycles. The minimum atomic E-state index is -0.337. The van der Waals surface area contributed by atoms with E-state index in [0.29, 0.717) is 0 Å². The molecular formula is C9H15BrN2O2S. The van der Waals surface area contributed by atoms with Crippen LogP contribution in [-0.2, 0) is 15.9 Å². The summed E-state index contributed by atoms with van der Waals surface area (Å²) < 4.78 is 11.4. The maximum atomic E-state index is 5.46. The van der Waals surface area contributed by atoms with Crippen LogP contribution in [0.1, 0.15) is 4.88 Å². The van der Waals surface area contributed by atoms with Crippen molar-refractivity contribution >= 4 is 27.3 Å². The lowest BCUT2D eigenvalue weighted by atomic mass is 10.2. The standard InChI is InChI=1S/C9H15BrN2O2S/c1-13-9(14-2)8(12-11)4-7-3-6(10)5-15-7/h3,5,8-9,12H,4,11H2,1-2H3. The monoisotopic (exact) mass is 294 g/mol. The molecule has 1 atom stereocenters. The minimum Gasteiger partial charge on any atom is -0.354 e. The van der Waals surface area contributed by atoms with Crippen molar-refractivity contribution in [1.82, 2.24) is 5.43 Å². The van der Waals surface area contributed by atoms with Crippen LogP contribution >= 0.6 is 27.3 Å². The normalized spacial score (nSPS) is 13.4. The van der Waals surface area contributed by atoms with Crippen molar-refractivity contribution in [2.45, 2.75) is 18.8 Å². The second kappa shape index (κ2) is 6.57. The zero-order valence-electron chi connectivity index (χ0n) is 8.70. The maximum absolute atomic E-state index is 5.46. The summed E-state index contributed by atoms with van der Waals surface area (Å²) in [6, 6.07) is 2.02. The van der Waals surface area contributed by atoms with Crippen molar-refractivity contribution in [1.29, 1.82) is 0 Å². The van der Waals surface area contributed by atoms with Gasteiger partial charge < -0.3 is 9.47 Å². The summed E-state index contributed by atoms with van der Waals surface area (Å²) >= 11 is 5.09. The molecule has 86 valence electrons. The molecule has 0 radical (unpaired) electrons. The maximum Gasteiger partial charge on any atom is 0.173 e. The van der Waals surface area contributed by atoms with E-state index < -0.39 is 0 Å². The predicted molar refractivity (Wildman–Crippen MR) is 64.6 cm³/mol. The zero-order chi connectivity index (χ0) is 11.3. The van der Waals surface area contributed by atoms with Crippen LogP contribution in [-0.4, -0.2) is 26.6 Å². The van der Waals surface area contributed by atoms with Gasteiger partial charge in [-0.15, -0.1) is 11.3 Å². The molecular weight excluding hydrogens is 280 g/mol. The molecule has 1 aromatic rings. The Morgan fingerprint density at radius 1 is 1.53 bits per heavy atom. The molecule has 6 heteroatoms. The average molecular weight is 295 g/mol. The summed E-state index contributed by atoms with van der Waals surface area (Å²) in [4.78, 5) is 1.23. The molecule has 0 aliphatic rings.